The number of allylic oxidation sites excluding steroid dienone is 1. The highest BCUT2D eigenvalue weighted by Gasteiger charge is 2.24. The maximum absolute atomic E-state index is 12.6. The summed E-state index contributed by atoms with van der Waals surface area (Å²) in [7, 11) is 1.88. The van der Waals surface area contributed by atoms with Crippen molar-refractivity contribution in [2.75, 3.05) is 0 Å². The molecule has 0 radical (unpaired) electrons. The average molecular weight is 318 g/mol. The fraction of sp³-hybridized carbons (Fsp3) is 0.211. The van der Waals surface area contributed by atoms with Crippen molar-refractivity contribution in [2.24, 2.45) is 7.05 Å². The Morgan fingerprint density at radius 2 is 1.96 bits per heavy atom. The third-order valence-corrected chi connectivity index (χ3v) is 4.41. The van der Waals surface area contributed by atoms with Crippen LogP contribution in [-0.4, -0.2) is 25.3 Å². The Hall–Kier alpha value is -2.95. The van der Waals surface area contributed by atoms with Crippen LogP contribution in [-0.2, 0) is 20.0 Å². The van der Waals surface area contributed by atoms with Crippen LogP contribution in [0.1, 0.15) is 33.6 Å². The molecule has 0 amide bonds. The molecule has 24 heavy (non-hydrogen) atoms. The molecule has 0 fully saturated rings. The molecular weight excluding hydrogens is 300 g/mol. The predicted octanol–water partition coefficient (Wildman–Crippen LogP) is 2.88. The van der Waals surface area contributed by atoms with E-state index in [1.54, 1.807) is 10.9 Å². The minimum atomic E-state index is 0.0835. The number of aromatic nitrogens is 4. The van der Waals surface area contributed by atoms with Gasteiger partial charge >= 0.3 is 0 Å². The van der Waals surface area contributed by atoms with Crippen LogP contribution in [0.25, 0.3) is 6.08 Å². The third kappa shape index (κ3) is 2.69. The number of carbonyl (C=O) groups is 1. The largest absolute Gasteiger partial charge is 0.289 e. The van der Waals surface area contributed by atoms with Crippen molar-refractivity contribution >= 4 is 11.9 Å². The number of nitrogens with zero attached hydrogens (tertiary/aromatic N) is 4. The van der Waals surface area contributed by atoms with E-state index in [9.17, 15) is 4.79 Å². The highest BCUT2D eigenvalue weighted by Crippen LogP contribution is 2.26. The molecule has 1 aliphatic rings. The molecule has 0 atom stereocenters. The van der Waals surface area contributed by atoms with E-state index in [2.05, 4.69) is 22.3 Å². The lowest BCUT2D eigenvalue weighted by Crippen LogP contribution is -2.14. The summed E-state index contributed by atoms with van der Waals surface area (Å²) in [6, 6.07) is 10.2. The third-order valence-electron chi connectivity index (χ3n) is 4.41. The Morgan fingerprint density at radius 1 is 1.12 bits per heavy atom. The van der Waals surface area contributed by atoms with E-state index in [4.69, 9.17) is 0 Å². The zero-order valence-corrected chi connectivity index (χ0v) is 13.5. The van der Waals surface area contributed by atoms with Gasteiger partial charge in [-0.15, -0.1) is 0 Å². The first-order chi connectivity index (χ1) is 11.7. The van der Waals surface area contributed by atoms with Gasteiger partial charge in [0.25, 0.3) is 0 Å². The molecule has 0 N–H and O–H groups in total. The number of ketones is 1. The van der Waals surface area contributed by atoms with Gasteiger partial charge in [0.15, 0.2) is 5.78 Å². The van der Waals surface area contributed by atoms with Crippen molar-refractivity contribution < 1.29 is 4.79 Å². The minimum Gasteiger partial charge on any atom is -0.289 e. The van der Waals surface area contributed by atoms with Gasteiger partial charge in [-0.25, -0.2) is 0 Å². The molecule has 0 saturated heterocycles. The van der Waals surface area contributed by atoms with Gasteiger partial charge in [-0.2, -0.15) is 10.2 Å². The molecule has 0 aliphatic heterocycles. The van der Waals surface area contributed by atoms with Crippen LogP contribution < -0.4 is 0 Å². The van der Waals surface area contributed by atoms with Gasteiger partial charge in [0.05, 0.1) is 24.5 Å². The summed E-state index contributed by atoms with van der Waals surface area (Å²) in [6.07, 6.45) is 9.00. The van der Waals surface area contributed by atoms with Gasteiger partial charge in [-0.1, -0.05) is 30.3 Å². The van der Waals surface area contributed by atoms with Crippen molar-refractivity contribution in [3.05, 3.63) is 76.9 Å². The van der Waals surface area contributed by atoms with E-state index in [0.717, 1.165) is 41.8 Å². The second-order valence-electron chi connectivity index (χ2n) is 6.08. The number of rotatable bonds is 3. The minimum absolute atomic E-state index is 0.0835. The fourth-order valence-electron chi connectivity index (χ4n) is 3.14. The molecule has 5 nitrogen and oxygen atoms in total. The Bertz CT molecular complexity index is 918. The summed E-state index contributed by atoms with van der Waals surface area (Å²) in [5.74, 6) is 0.0835. The standard InChI is InChI=1S/C19H18N4O/c1-22-18-8-7-16(19(24)17(18)11-20-22)9-15-10-21-23(13-15)12-14-5-3-2-4-6-14/h2-6,9-11,13H,7-8,12H2,1H3/b16-9+. The second kappa shape index (κ2) is 5.92. The molecule has 0 saturated carbocycles. The normalized spacial score (nSPS) is 15.7. The number of fused-ring (bicyclic) bond motifs is 1. The molecule has 4 rings (SSSR count). The van der Waals surface area contributed by atoms with Crippen LogP contribution in [0.3, 0.4) is 0 Å². The number of hydrogen-bond donors (Lipinski definition) is 0. The summed E-state index contributed by atoms with van der Waals surface area (Å²) in [4.78, 5) is 12.6. The second-order valence-corrected chi connectivity index (χ2v) is 6.08. The van der Waals surface area contributed by atoms with Crippen LogP contribution in [0.15, 0.2) is 54.5 Å². The van der Waals surface area contributed by atoms with Crippen LogP contribution in [0, 0.1) is 0 Å². The van der Waals surface area contributed by atoms with E-state index < -0.39 is 0 Å². The van der Waals surface area contributed by atoms with Gasteiger partial charge in [-0.3, -0.25) is 14.2 Å². The molecule has 2 heterocycles. The molecule has 1 aliphatic carbocycles. The summed E-state index contributed by atoms with van der Waals surface area (Å²) in [6.45, 7) is 0.727. The summed E-state index contributed by atoms with van der Waals surface area (Å²) in [5, 5.41) is 8.59. The van der Waals surface area contributed by atoms with Gasteiger partial charge in [-0.05, 0) is 24.5 Å². The van der Waals surface area contributed by atoms with Gasteiger partial charge in [0, 0.05) is 30.1 Å². The lowest BCUT2D eigenvalue weighted by Gasteiger charge is -2.14. The van der Waals surface area contributed by atoms with E-state index in [-0.39, 0.29) is 5.78 Å². The maximum Gasteiger partial charge on any atom is 0.192 e. The Labute approximate surface area is 140 Å². The van der Waals surface area contributed by atoms with Crippen molar-refractivity contribution in [3.63, 3.8) is 0 Å². The molecule has 2 aromatic heterocycles. The van der Waals surface area contributed by atoms with Crippen LogP contribution >= 0.6 is 0 Å². The number of Topliss-reactive ketones (excluding diaryl/α,β-unsaturated/α-hetero) is 1. The lowest BCUT2D eigenvalue weighted by molar-refractivity contribution is 0.102. The molecule has 3 aromatic rings. The Kier molecular flexibility index (Phi) is 3.61. The molecule has 0 unspecified atom stereocenters. The number of aryl methyl sites for hydroxylation is 1. The molecular formula is C19H18N4O. The number of hydrogen-bond acceptors (Lipinski definition) is 3. The molecule has 0 bridgehead atoms. The topological polar surface area (TPSA) is 52.7 Å². The number of benzene rings is 1. The van der Waals surface area contributed by atoms with Crippen LogP contribution in [0.5, 0.6) is 0 Å². The average Bonchev–Trinajstić information content (AvgIpc) is 3.18. The van der Waals surface area contributed by atoms with Gasteiger partial charge in [0.2, 0.25) is 0 Å². The van der Waals surface area contributed by atoms with E-state index in [1.165, 1.54) is 5.56 Å². The van der Waals surface area contributed by atoms with Crippen LogP contribution in [0.4, 0.5) is 0 Å². The Morgan fingerprint density at radius 3 is 2.79 bits per heavy atom. The molecule has 5 heteroatoms. The summed E-state index contributed by atoms with van der Waals surface area (Å²) in [5.41, 5.74) is 4.74. The summed E-state index contributed by atoms with van der Waals surface area (Å²) < 4.78 is 3.69. The van der Waals surface area contributed by atoms with Crippen molar-refractivity contribution in [1.82, 2.24) is 19.6 Å². The molecule has 1 aromatic carbocycles. The summed E-state index contributed by atoms with van der Waals surface area (Å²) >= 11 is 0. The van der Waals surface area contributed by atoms with E-state index in [0.29, 0.717) is 0 Å². The molecule has 120 valence electrons. The predicted molar refractivity (Wildman–Crippen MR) is 91.6 cm³/mol. The van der Waals surface area contributed by atoms with Gasteiger partial charge in [0.1, 0.15) is 0 Å². The quantitative estimate of drug-likeness (QED) is 0.698. The first-order valence-corrected chi connectivity index (χ1v) is 8.03. The lowest BCUT2D eigenvalue weighted by atomic mass is 9.90. The first kappa shape index (κ1) is 14.6. The van der Waals surface area contributed by atoms with Crippen LogP contribution in [0.2, 0.25) is 0 Å². The first-order valence-electron chi connectivity index (χ1n) is 8.03. The smallest absolute Gasteiger partial charge is 0.192 e. The fourth-order valence-corrected chi connectivity index (χ4v) is 3.14. The van der Waals surface area contributed by atoms with E-state index >= 15 is 0 Å². The zero-order valence-electron chi connectivity index (χ0n) is 13.5. The van der Waals surface area contributed by atoms with Crippen molar-refractivity contribution in [1.29, 1.82) is 0 Å². The Balaban J connectivity index is 1.55. The monoisotopic (exact) mass is 318 g/mol. The number of carbonyl (C=O) groups excluding carboxylic acids is 1. The highest BCUT2D eigenvalue weighted by molar-refractivity contribution is 6.12. The molecule has 0 spiro atoms. The zero-order chi connectivity index (χ0) is 16.5. The maximum atomic E-state index is 12.6. The van der Waals surface area contributed by atoms with Gasteiger partial charge < -0.3 is 0 Å². The SMILES string of the molecule is Cn1ncc2c1CC/C(=C\c1cnn(Cc3ccccc3)c1)C2=O. The highest BCUT2D eigenvalue weighted by atomic mass is 16.1. The van der Waals surface area contributed by atoms with Crippen molar-refractivity contribution in [2.45, 2.75) is 19.4 Å². The van der Waals surface area contributed by atoms with E-state index in [1.807, 2.05) is 48.4 Å². The van der Waals surface area contributed by atoms with Crippen molar-refractivity contribution in [3.8, 4) is 0 Å².